The lowest BCUT2D eigenvalue weighted by Gasteiger charge is -2.10. The number of carbonyl (C=O) groups excluding carboxylic acids is 1. The van der Waals surface area contributed by atoms with Gasteiger partial charge in [-0.3, -0.25) is 9.59 Å². The van der Waals surface area contributed by atoms with Gasteiger partial charge >= 0.3 is 0 Å². The Hall–Kier alpha value is -3.19. The number of aromatic amines is 1. The van der Waals surface area contributed by atoms with Gasteiger partial charge < -0.3 is 9.88 Å². The van der Waals surface area contributed by atoms with Gasteiger partial charge in [0.05, 0.1) is 5.69 Å². The number of fused-ring (bicyclic) bond motifs is 1. The summed E-state index contributed by atoms with van der Waals surface area (Å²) in [6.07, 6.45) is 0. The number of hydrogen-bond donors (Lipinski definition) is 2. The molecular formula is C21H17BrN4O2. The van der Waals surface area contributed by atoms with Gasteiger partial charge in [-0.1, -0.05) is 30.3 Å². The van der Waals surface area contributed by atoms with Crippen LogP contribution in [0.15, 0.2) is 69.9 Å². The van der Waals surface area contributed by atoms with Crippen LogP contribution in [0.3, 0.4) is 0 Å². The quantitative estimate of drug-likeness (QED) is 0.505. The van der Waals surface area contributed by atoms with E-state index in [9.17, 15) is 9.59 Å². The van der Waals surface area contributed by atoms with E-state index in [-0.39, 0.29) is 18.0 Å². The van der Waals surface area contributed by atoms with E-state index in [0.717, 1.165) is 26.6 Å². The highest BCUT2D eigenvalue weighted by Crippen LogP contribution is 2.30. The molecular weight excluding hydrogens is 420 g/mol. The second-order valence-corrected chi connectivity index (χ2v) is 7.23. The van der Waals surface area contributed by atoms with Crippen LogP contribution in [0.2, 0.25) is 0 Å². The molecule has 0 aliphatic rings. The zero-order valence-electron chi connectivity index (χ0n) is 15.1. The minimum absolute atomic E-state index is 0.122. The lowest BCUT2D eigenvalue weighted by atomic mass is 10.1. The van der Waals surface area contributed by atoms with Crippen LogP contribution in [-0.4, -0.2) is 20.7 Å². The average molecular weight is 437 g/mol. The van der Waals surface area contributed by atoms with Crippen LogP contribution in [0.25, 0.3) is 22.2 Å². The second kappa shape index (κ2) is 7.44. The van der Waals surface area contributed by atoms with Gasteiger partial charge in [0.1, 0.15) is 6.54 Å². The lowest BCUT2D eigenvalue weighted by Crippen LogP contribution is -2.19. The lowest BCUT2D eigenvalue weighted by molar-refractivity contribution is -0.116. The number of carbonyl (C=O) groups is 1. The highest BCUT2D eigenvalue weighted by molar-refractivity contribution is 9.10. The van der Waals surface area contributed by atoms with E-state index < -0.39 is 0 Å². The van der Waals surface area contributed by atoms with Gasteiger partial charge in [0.15, 0.2) is 0 Å². The van der Waals surface area contributed by atoms with Gasteiger partial charge in [0, 0.05) is 38.4 Å². The SMILES string of the molecule is Cc1c(Br)c2ccccc2n1CC(=O)Nc1cccc(-c2ccc(=O)[nH]n2)c1. The maximum atomic E-state index is 12.7. The van der Waals surface area contributed by atoms with Crippen LogP contribution in [0.1, 0.15) is 5.69 Å². The van der Waals surface area contributed by atoms with Crippen molar-refractivity contribution in [1.82, 2.24) is 14.8 Å². The van der Waals surface area contributed by atoms with Gasteiger partial charge in [0.2, 0.25) is 5.91 Å². The third-order valence-corrected chi connectivity index (χ3v) is 5.58. The number of para-hydroxylation sites is 1. The van der Waals surface area contributed by atoms with Crippen molar-refractivity contribution >= 4 is 38.4 Å². The van der Waals surface area contributed by atoms with Gasteiger partial charge in [0.25, 0.3) is 5.56 Å². The highest BCUT2D eigenvalue weighted by Gasteiger charge is 2.14. The second-order valence-electron chi connectivity index (χ2n) is 6.44. The number of nitrogens with zero attached hydrogens (tertiary/aromatic N) is 2. The molecule has 0 saturated carbocycles. The maximum Gasteiger partial charge on any atom is 0.264 e. The summed E-state index contributed by atoms with van der Waals surface area (Å²) in [5, 5.41) is 10.5. The highest BCUT2D eigenvalue weighted by atomic mass is 79.9. The first-order valence-corrected chi connectivity index (χ1v) is 9.51. The van der Waals surface area contributed by atoms with Crippen LogP contribution in [0.4, 0.5) is 5.69 Å². The molecule has 2 aromatic heterocycles. The molecule has 0 saturated heterocycles. The molecule has 4 rings (SSSR count). The standard InChI is InChI=1S/C21H17BrN4O2/c1-13-21(22)16-7-2-3-8-18(16)26(13)12-20(28)23-15-6-4-5-14(11-15)17-9-10-19(27)25-24-17/h2-11H,12H2,1H3,(H,23,28)(H,25,27). The van der Waals surface area contributed by atoms with E-state index in [4.69, 9.17) is 0 Å². The van der Waals surface area contributed by atoms with Gasteiger partial charge in [-0.2, -0.15) is 5.10 Å². The Balaban J connectivity index is 1.57. The molecule has 4 aromatic rings. The fourth-order valence-electron chi connectivity index (χ4n) is 3.20. The van der Waals surface area contributed by atoms with E-state index in [0.29, 0.717) is 11.4 Å². The van der Waals surface area contributed by atoms with Crippen molar-refractivity contribution in [2.45, 2.75) is 13.5 Å². The zero-order chi connectivity index (χ0) is 19.7. The van der Waals surface area contributed by atoms with Crippen LogP contribution < -0.4 is 10.9 Å². The van der Waals surface area contributed by atoms with Crippen molar-refractivity contribution in [2.75, 3.05) is 5.32 Å². The molecule has 0 aliphatic carbocycles. The van der Waals surface area contributed by atoms with Gasteiger partial charge in [-0.05, 0) is 47.1 Å². The fraction of sp³-hybridized carbons (Fsp3) is 0.0952. The van der Waals surface area contributed by atoms with Gasteiger partial charge in [-0.15, -0.1) is 0 Å². The summed E-state index contributed by atoms with van der Waals surface area (Å²) in [5.74, 6) is -0.122. The molecule has 0 spiro atoms. The van der Waals surface area contributed by atoms with Crippen LogP contribution in [-0.2, 0) is 11.3 Å². The van der Waals surface area contributed by atoms with Crippen LogP contribution >= 0.6 is 15.9 Å². The summed E-state index contributed by atoms with van der Waals surface area (Å²) in [5.41, 5.74) is 3.86. The van der Waals surface area contributed by atoms with Crippen LogP contribution in [0.5, 0.6) is 0 Å². The van der Waals surface area contributed by atoms with Crippen molar-refractivity contribution < 1.29 is 4.79 Å². The smallest absolute Gasteiger partial charge is 0.264 e. The minimum Gasteiger partial charge on any atom is -0.334 e. The zero-order valence-corrected chi connectivity index (χ0v) is 16.7. The predicted octanol–water partition coefficient (Wildman–Crippen LogP) is 4.10. The molecule has 0 radical (unpaired) electrons. The number of nitrogens with one attached hydrogen (secondary N) is 2. The van der Waals surface area contributed by atoms with Crippen molar-refractivity contribution in [2.24, 2.45) is 0 Å². The Morgan fingerprint density at radius 1 is 1.14 bits per heavy atom. The van der Waals surface area contributed by atoms with Crippen molar-refractivity contribution in [3.05, 3.63) is 81.2 Å². The topological polar surface area (TPSA) is 79.8 Å². The molecule has 2 aromatic carbocycles. The molecule has 2 N–H and O–H groups in total. The summed E-state index contributed by atoms with van der Waals surface area (Å²) in [7, 11) is 0. The molecule has 0 aliphatic heterocycles. The predicted molar refractivity (Wildman–Crippen MR) is 113 cm³/mol. The fourth-order valence-corrected chi connectivity index (χ4v) is 3.75. The molecule has 28 heavy (non-hydrogen) atoms. The van der Waals surface area contributed by atoms with Gasteiger partial charge in [-0.25, -0.2) is 5.10 Å². The number of aromatic nitrogens is 3. The van der Waals surface area contributed by atoms with E-state index in [1.54, 1.807) is 6.07 Å². The van der Waals surface area contributed by atoms with E-state index in [1.807, 2.05) is 60.0 Å². The number of amides is 1. The largest absolute Gasteiger partial charge is 0.334 e. The molecule has 0 bridgehead atoms. The Labute approximate surface area is 169 Å². The normalized spacial score (nSPS) is 10.9. The average Bonchev–Trinajstić information content (AvgIpc) is 2.94. The number of benzene rings is 2. The number of halogens is 1. The monoisotopic (exact) mass is 436 g/mol. The number of H-pyrrole nitrogens is 1. The molecule has 0 atom stereocenters. The molecule has 0 unspecified atom stereocenters. The third kappa shape index (κ3) is 3.48. The Morgan fingerprint density at radius 2 is 1.96 bits per heavy atom. The Morgan fingerprint density at radius 3 is 2.75 bits per heavy atom. The summed E-state index contributed by atoms with van der Waals surface area (Å²) in [6.45, 7) is 2.19. The molecule has 7 heteroatoms. The first-order valence-electron chi connectivity index (χ1n) is 8.72. The van der Waals surface area contributed by atoms with E-state index in [1.165, 1.54) is 6.07 Å². The van der Waals surface area contributed by atoms with Crippen molar-refractivity contribution in [3.63, 3.8) is 0 Å². The summed E-state index contributed by atoms with van der Waals surface area (Å²) >= 11 is 3.61. The summed E-state index contributed by atoms with van der Waals surface area (Å²) in [4.78, 5) is 23.8. The number of rotatable bonds is 4. The first kappa shape index (κ1) is 18.2. The number of hydrogen-bond acceptors (Lipinski definition) is 3. The molecule has 1 amide bonds. The molecule has 2 heterocycles. The Kier molecular flexibility index (Phi) is 4.83. The Bertz CT molecular complexity index is 1220. The minimum atomic E-state index is -0.256. The summed E-state index contributed by atoms with van der Waals surface area (Å²) < 4.78 is 2.99. The summed E-state index contributed by atoms with van der Waals surface area (Å²) in [6, 6.07) is 18.4. The first-order chi connectivity index (χ1) is 13.5. The van der Waals surface area contributed by atoms with E-state index in [2.05, 4.69) is 31.4 Å². The van der Waals surface area contributed by atoms with Crippen molar-refractivity contribution in [3.8, 4) is 11.3 Å². The molecule has 6 nitrogen and oxygen atoms in total. The maximum absolute atomic E-state index is 12.7. The van der Waals surface area contributed by atoms with Crippen LogP contribution in [0, 0.1) is 6.92 Å². The molecule has 0 fully saturated rings. The van der Waals surface area contributed by atoms with E-state index >= 15 is 0 Å². The van der Waals surface area contributed by atoms with Crippen molar-refractivity contribution in [1.29, 1.82) is 0 Å². The molecule has 140 valence electrons. The number of anilines is 1. The third-order valence-electron chi connectivity index (χ3n) is 4.58.